The van der Waals surface area contributed by atoms with Crippen molar-refractivity contribution in [3.8, 4) is 0 Å². The summed E-state index contributed by atoms with van der Waals surface area (Å²) in [7, 11) is 1.66. The summed E-state index contributed by atoms with van der Waals surface area (Å²) < 4.78 is 10.4. The van der Waals surface area contributed by atoms with Crippen molar-refractivity contribution in [1.82, 2.24) is 5.32 Å². The van der Waals surface area contributed by atoms with E-state index in [-0.39, 0.29) is 11.4 Å². The number of methoxy groups -OCH3 is 1. The van der Waals surface area contributed by atoms with Crippen molar-refractivity contribution in [2.75, 3.05) is 13.7 Å². The summed E-state index contributed by atoms with van der Waals surface area (Å²) in [5.74, 6) is -0.438. The largest absolute Gasteiger partial charge is 0.475 e. The molecule has 1 rings (SSSR count). The third-order valence-corrected chi connectivity index (χ3v) is 2.65. The van der Waals surface area contributed by atoms with Crippen LogP contribution in [0.3, 0.4) is 0 Å². The molecule has 0 bridgehead atoms. The molecule has 1 aromatic rings. The predicted octanol–water partition coefficient (Wildman–Crippen LogP) is 1.80. The van der Waals surface area contributed by atoms with Crippen molar-refractivity contribution in [3.63, 3.8) is 0 Å². The fourth-order valence-corrected chi connectivity index (χ4v) is 1.37. The van der Waals surface area contributed by atoms with Crippen LogP contribution in [0.15, 0.2) is 10.5 Å². The SMILES string of the molecule is COC(C)(C)CNCc1cc(C(=O)O)oc1C. The number of rotatable bonds is 6. The molecule has 17 heavy (non-hydrogen) atoms. The molecule has 0 saturated carbocycles. The maximum atomic E-state index is 10.7. The Morgan fingerprint density at radius 3 is 2.71 bits per heavy atom. The number of ether oxygens (including phenoxy) is 1. The van der Waals surface area contributed by atoms with Crippen LogP contribution < -0.4 is 5.32 Å². The molecule has 0 spiro atoms. The first-order valence-electron chi connectivity index (χ1n) is 5.44. The molecule has 0 atom stereocenters. The highest BCUT2D eigenvalue weighted by Crippen LogP contribution is 2.15. The molecule has 0 aliphatic heterocycles. The molecular weight excluding hydrogens is 222 g/mol. The van der Waals surface area contributed by atoms with Crippen LogP contribution in [0.4, 0.5) is 0 Å². The summed E-state index contributed by atoms with van der Waals surface area (Å²) in [5.41, 5.74) is 0.613. The number of aromatic carboxylic acids is 1. The van der Waals surface area contributed by atoms with E-state index in [0.29, 0.717) is 18.8 Å². The Labute approximate surface area is 101 Å². The Morgan fingerprint density at radius 1 is 1.59 bits per heavy atom. The lowest BCUT2D eigenvalue weighted by Gasteiger charge is -2.23. The van der Waals surface area contributed by atoms with Gasteiger partial charge in [-0.05, 0) is 26.8 Å². The monoisotopic (exact) mass is 241 g/mol. The Balaban J connectivity index is 2.55. The first-order valence-corrected chi connectivity index (χ1v) is 5.44. The Kier molecular flexibility index (Phi) is 4.31. The molecule has 0 amide bonds. The van der Waals surface area contributed by atoms with Gasteiger partial charge in [0.25, 0.3) is 0 Å². The number of aryl methyl sites for hydroxylation is 1. The minimum atomic E-state index is -1.04. The van der Waals surface area contributed by atoms with Crippen LogP contribution in [0.2, 0.25) is 0 Å². The highest BCUT2D eigenvalue weighted by atomic mass is 16.5. The van der Waals surface area contributed by atoms with Crippen LogP contribution in [0.25, 0.3) is 0 Å². The number of hydrogen-bond acceptors (Lipinski definition) is 4. The third-order valence-electron chi connectivity index (χ3n) is 2.65. The quantitative estimate of drug-likeness (QED) is 0.794. The molecule has 0 aliphatic carbocycles. The number of hydrogen-bond donors (Lipinski definition) is 2. The van der Waals surface area contributed by atoms with Gasteiger partial charge in [0.2, 0.25) is 5.76 Å². The molecule has 1 aromatic heterocycles. The van der Waals surface area contributed by atoms with E-state index in [1.165, 1.54) is 0 Å². The molecule has 0 fully saturated rings. The van der Waals surface area contributed by atoms with Crippen LogP contribution in [0.1, 0.15) is 35.7 Å². The van der Waals surface area contributed by atoms with Gasteiger partial charge in [-0.2, -0.15) is 0 Å². The van der Waals surface area contributed by atoms with Gasteiger partial charge in [0.1, 0.15) is 5.76 Å². The van der Waals surface area contributed by atoms with Crippen LogP contribution in [-0.2, 0) is 11.3 Å². The molecule has 1 heterocycles. The molecule has 96 valence electrons. The molecule has 2 N–H and O–H groups in total. The Morgan fingerprint density at radius 2 is 2.24 bits per heavy atom. The van der Waals surface area contributed by atoms with Crippen molar-refractivity contribution in [3.05, 3.63) is 23.2 Å². The van der Waals surface area contributed by atoms with Crippen LogP contribution in [-0.4, -0.2) is 30.3 Å². The lowest BCUT2D eigenvalue weighted by molar-refractivity contribution is 0.0230. The molecular formula is C12H19NO4. The lowest BCUT2D eigenvalue weighted by Crippen LogP contribution is -2.36. The molecule has 5 nitrogen and oxygen atoms in total. The van der Waals surface area contributed by atoms with Gasteiger partial charge in [-0.1, -0.05) is 0 Å². The Hall–Kier alpha value is -1.33. The van der Waals surface area contributed by atoms with Gasteiger partial charge >= 0.3 is 5.97 Å². The zero-order chi connectivity index (χ0) is 13.1. The summed E-state index contributed by atoms with van der Waals surface area (Å²) in [6, 6.07) is 1.55. The number of nitrogens with one attached hydrogen (secondary N) is 1. The van der Waals surface area contributed by atoms with Gasteiger partial charge in [-0.3, -0.25) is 0 Å². The lowest BCUT2D eigenvalue weighted by atomic mass is 10.1. The van der Waals surface area contributed by atoms with Crippen molar-refractivity contribution < 1.29 is 19.1 Å². The first kappa shape index (κ1) is 13.7. The van der Waals surface area contributed by atoms with E-state index in [1.807, 2.05) is 13.8 Å². The van der Waals surface area contributed by atoms with Gasteiger partial charge in [0.05, 0.1) is 5.60 Å². The second-order valence-corrected chi connectivity index (χ2v) is 4.56. The maximum absolute atomic E-state index is 10.7. The zero-order valence-electron chi connectivity index (χ0n) is 10.7. The summed E-state index contributed by atoms with van der Waals surface area (Å²) in [6.07, 6.45) is 0. The number of carboxylic acids is 1. The summed E-state index contributed by atoms with van der Waals surface area (Å²) >= 11 is 0. The molecule has 5 heteroatoms. The topological polar surface area (TPSA) is 71.7 Å². The summed E-state index contributed by atoms with van der Waals surface area (Å²) in [4.78, 5) is 10.7. The van der Waals surface area contributed by atoms with Gasteiger partial charge in [0.15, 0.2) is 0 Å². The summed E-state index contributed by atoms with van der Waals surface area (Å²) in [5, 5.41) is 12.0. The molecule has 0 unspecified atom stereocenters. The summed E-state index contributed by atoms with van der Waals surface area (Å²) in [6.45, 7) is 6.95. The fourth-order valence-electron chi connectivity index (χ4n) is 1.37. The maximum Gasteiger partial charge on any atom is 0.371 e. The molecule has 0 radical (unpaired) electrons. The van der Waals surface area contributed by atoms with Crippen LogP contribution in [0.5, 0.6) is 0 Å². The van der Waals surface area contributed by atoms with Gasteiger partial charge in [-0.25, -0.2) is 4.79 Å². The van der Waals surface area contributed by atoms with Gasteiger partial charge in [0, 0.05) is 25.8 Å². The predicted molar refractivity (Wildman–Crippen MR) is 63.2 cm³/mol. The zero-order valence-corrected chi connectivity index (χ0v) is 10.7. The van der Waals surface area contributed by atoms with Crippen LogP contribution >= 0.6 is 0 Å². The average molecular weight is 241 g/mol. The molecule has 0 saturated heterocycles. The average Bonchev–Trinajstić information content (AvgIpc) is 2.60. The highest BCUT2D eigenvalue weighted by molar-refractivity contribution is 5.84. The van der Waals surface area contributed by atoms with E-state index < -0.39 is 5.97 Å². The Bertz CT molecular complexity index is 395. The van der Waals surface area contributed by atoms with Crippen molar-refractivity contribution in [1.29, 1.82) is 0 Å². The van der Waals surface area contributed by atoms with E-state index in [0.717, 1.165) is 5.56 Å². The van der Waals surface area contributed by atoms with Crippen molar-refractivity contribution in [2.24, 2.45) is 0 Å². The van der Waals surface area contributed by atoms with E-state index in [4.69, 9.17) is 14.3 Å². The highest BCUT2D eigenvalue weighted by Gasteiger charge is 2.17. The van der Waals surface area contributed by atoms with E-state index in [1.54, 1.807) is 20.1 Å². The number of furan rings is 1. The van der Waals surface area contributed by atoms with Gasteiger partial charge in [-0.15, -0.1) is 0 Å². The second-order valence-electron chi connectivity index (χ2n) is 4.56. The third kappa shape index (κ3) is 3.87. The standard InChI is InChI=1S/C12H19NO4/c1-8-9(5-10(17-8)11(14)15)6-13-7-12(2,3)16-4/h5,13H,6-7H2,1-4H3,(H,14,15). The molecule has 0 aromatic carbocycles. The first-order chi connectivity index (χ1) is 7.85. The van der Waals surface area contributed by atoms with E-state index >= 15 is 0 Å². The number of carbonyl (C=O) groups is 1. The van der Waals surface area contributed by atoms with E-state index in [2.05, 4.69) is 5.32 Å². The second kappa shape index (κ2) is 5.33. The van der Waals surface area contributed by atoms with Crippen molar-refractivity contribution in [2.45, 2.75) is 32.9 Å². The van der Waals surface area contributed by atoms with E-state index in [9.17, 15) is 4.79 Å². The van der Waals surface area contributed by atoms with Gasteiger partial charge < -0.3 is 19.6 Å². The minimum Gasteiger partial charge on any atom is -0.475 e. The normalized spacial score (nSPS) is 11.8. The smallest absolute Gasteiger partial charge is 0.371 e. The number of carboxylic acid groups (broad SMARTS) is 1. The van der Waals surface area contributed by atoms with Crippen molar-refractivity contribution >= 4 is 5.97 Å². The molecule has 0 aliphatic rings. The minimum absolute atomic E-state index is 0.0229. The van der Waals surface area contributed by atoms with Crippen LogP contribution in [0, 0.1) is 6.92 Å². The fraction of sp³-hybridized carbons (Fsp3) is 0.583.